The van der Waals surface area contributed by atoms with Gasteiger partial charge in [0.15, 0.2) is 0 Å². The number of primary sulfonamides is 1. The van der Waals surface area contributed by atoms with E-state index in [4.69, 9.17) is 5.14 Å². The number of hydrogen-bond donors (Lipinski definition) is 2. The number of para-hydroxylation sites is 1. The Morgan fingerprint density at radius 3 is 2.65 bits per heavy atom. The summed E-state index contributed by atoms with van der Waals surface area (Å²) in [6, 6.07) is 7.03. The Morgan fingerprint density at radius 2 is 2.00 bits per heavy atom. The molecule has 3 N–H and O–H groups in total. The number of benzene rings is 1. The van der Waals surface area contributed by atoms with Gasteiger partial charge in [0.05, 0.1) is 5.69 Å². The fourth-order valence-electron chi connectivity index (χ4n) is 3.75. The Bertz CT molecular complexity index is 627. The smallest absolute Gasteiger partial charge is 0.240 e. The number of nitrogens with one attached hydrogen (secondary N) is 1. The van der Waals surface area contributed by atoms with Crippen LogP contribution in [-0.4, -0.2) is 33.6 Å². The van der Waals surface area contributed by atoms with Gasteiger partial charge in [-0.05, 0) is 37.8 Å². The molecule has 20 heavy (non-hydrogen) atoms. The topological polar surface area (TPSA) is 75.4 Å². The molecule has 1 aromatic rings. The second-order valence-electron chi connectivity index (χ2n) is 6.30. The number of nitrogens with zero attached hydrogens (tertiary/aromatic N) is 1. The van der Waals surface area contributed by atoms with Crippen LogP contribution in [0.25, 0.3) is 0 Å². The van der Waals surface area contributed by atoms with Crippen LogP contribution in [-0.2, 0) is 10.0 Å². The summed E-state index contributed by atoms with van der Waals surface area (Å²) in [6.07, 6.45) is 0. The van der Waals surface area contributed by atoms with E-state index in [-0.39, 0.29) is 10.4 Å². The third-order valence-electron chi connectivity index (χ3n) is 4.82. The molecule has 2 heterocycles. The zero-order chi connectivity index (χ0) is 14.5. The van der Waals surface area contributed by atoms with E-state index in [1.165, 1.54) is 0 Å². The summed E-state index contributed by atoms with van der Waals surface area (Å²) in [7, 11) is -3.70. The maximum atomic E-state index is 11.8. The van der Waals surface area contributed by atoms with Gasteiger partial charge in [0.1, 0.15) is 4.90 Å². The summed E-state index contributed by atoms with van der Waals surface area (Å²) < 4.78 is 23.6. The van der Waals surface area contributed by atoms with E-state index in [9.17, 15) is 8.42 Å². The molecule has 0 saturated carbocycles. The van der Waals surface area contributed by atoms with Gasteiger partial charge in [0, 0.05) is 25.2 Å². The van der Waals surface area contributed by atoms with Crippen LogP contribution in [0.5, 0.6) is 0 Å². The maximum Gasteiger partial charge on any atom is 0.240 e. The van der Waals surface area contributed by atoms with Crippen LogP contribution in [0.2, 0.25) is 0 Å². The van der Waals surface area contributed by atoms with Crippen molar-refractivity contribution >= 4 is 15.7 Å². The van der Waals surface area contributed by atoms with Crippen molar-refractivity contribution in [2.75, 3.05) is 24.5 Å². The minimum Gasteiger partial charge on any atom is -0.365 e. The van der Waals surface area contributed by atoms with Gasteiger partial charge in [0.25, 0.3) is 0 Å². The van der Waals surface area contributed by atoms with Gasteiger partial charge in [-0.25, -0.2) is 13.6 Å². The third-order valence-corrected chi connectivity index (χ3v) is 5.78. The van der Waals surface area contributed by atoms with Crippen molar-refractivity contribution in [1.29, 1.82) is 0 Å². The quantitative estimate of drug-likeness (QED) is 0.845. The lowest BCUT2D eigenvalue weighted by Gasteiger charge is -2.38. The molecule has 2 saturated heterocycles. The molecular weight excluding hydrogens is 274 g/mol. The van der Waals surface area contributed by atoms with Crippen molar-refractivity contribution in [2.24, 2.45) is 17.0 Å². The van der Waals surface area contributed by atoms with Gasteiger partial charge in [0.2, 0.25) is 10.0 Å². The summed E-state index contributed by atoms with van der Waals surface area (Å²) in [6.45, 7) is 7.24. The second kappa shape index (κ2) is 4.44. The number of fused-ring (bicyclic) bond motifs is 1. The highest BCUT2D eigenvalue weighted by Crippen LogP contribution is 2.44. The summed E-state index contributed by atoms with van der Waals surface area (Å²) >= 11 is 0. The molecule has 0 spiro atoms. The fourth-order valence-corrected chi connectivity index (χ4v) is 4.49. The average Bonchev–Trinajstić information content (AvgIpc) is 2.91. The molecule has 0 amide bonds. The molecule has 5 nitrogen and oxygen atoms in total. The average molecular weight is 295 g/mol. The monoisotopic (exact) mass is 295 g/mol. The normalized spacial score (nSPS) is 28.6. The van der Waals surface area contributed by atoms with Crippen LogP contribution in [0.3, 0.4) is 0 Å². The van der Waals surface area contributed by atoms with Gasteiger partial charge < -0.3 is 10.2 Å². The van der Waals surface area contributed by atoms with Crippen LogP contribution < -0.4 is 15.4 Å². The van der Waals surface area contributed by atoms with Crippen LogP contribution in [0.4, 0.5) is 5.69 Å². The third kappa shape index (κ3) is 2.03. The highest BCUT2D eigenvalue weighted by Gasteiger charge is 2.50. The highest BCUT2D eigenvalue weighted by atomic mass is 32.2. The van der Waals surface area contributed by atoms with Gasteiger partial charge in [-0.1, -0.05) is 12.1 Å². The minimum atomic E-state index is -3.70. The van der Waals surface area contributed by atoms with Crippen LogP contribution >= 0.6 is 0 Å². The molecule has 2 aliphatic rings. The van der Waals surface area contributed by atoms with Gasteiger partial charge >= 0.3 is 0 Å². The molecule has 3 rings (SSSR count). The predicted octanol–water partition coefficient (Wildman–Crippen LogP) is 0.768. The van der Waals surface area contributed by atoms with E-state index in [1.54, 1.807) is 12.1 Å². The van der Waals surface area contributed by atoms with Crippen molar-refractivity contribution in [3.8, 4) is 0 Å². The van der Waals surface area contributed by atoms with Crippen molar-refractivity contribution in [3.05, 3.63) is 24.3 Å². The first-order valence-corrected chi connectivity index (χ1v) is 8.46. The minimum absolute atomic E-state index is 0.0744. The lowest BCUT2D eigenvalue weighted by Crippen LogP contribution is -2.45. The number of rotatable bonds is 2. The molecule has 0 aromatic heterocycles. The van der Waals surface area contributed by atoms with Crippen molar-refractivity contribution in [3.63, 3.8) is 0 Å². The van der Waals surface area contributed by atoms with E-state index >= 15 is 0 Å². The van der Waals surface area contributed by atoms with E-state index < -0.39 is 10.0 Å². The van der Waals surface area contributed by atoms with Crippen LogP contribution in [0, 0.1) is 11.8 Å². The summed E-state index contributed by atoms with van der Waals surface area (Å²) in [4.78, 5) is 2.43. The zero-order valence-electron chi connectivity index (χ0n) is 11.8. The largest absolute Gasteiger partial charge is 0.365 e. The summed E-state index contributed by atoms with van der Waals surface area (Å²) in [5.41, 5.74) is 0.656. The van der Waals surface area contributed by atoms with E-state index in [0.717, 1.165) is 25.3 Å². The van der Waals surface area contributed by atoms with Crippen molar-refractivity contribution < 1.29 is 8.42 Å². The number of nitrogens with two attached hydrogens (primary N) is 1. The standard InChI is InChI=1S/C14H21N3O2S/c1-14(2)11-8-16-7-10(11)9-17(14)12-5-3-4-6-13(12)20(15,18)19/h3-6,10-11,16H,7-9H2,1-2H3,(H2,15,18,19). The Morgan fingerprint density at radius 1 is 1.30 bits per heavy atom. The summed E-state index contributed by atoms with van der Waals surface area (Å²) in [5, 5.41) is 8.79. The highest BCUT2D eigenvalue weighted by molar-refractivity contribution is 7.89. The Balaban J connectivity index is 2.07. The number of sulfonamides is 1. The molecule has 0 aliphatic carbocycles. The lowest BCUT2D eigenvalue weighted by molar-refractivity contribution is 0.356. The van der Waals surface area contributed by atoms with Crippen LogP contribution in [0.1, 0.15) is 13.8 Å². The SMILES string of the molecule is CC1(C)C2CNCC2CN1c1ccccc1S(N)(=O)=O. The second-order valence-corrected chi connectivity index (χ2v) is 7.83. The lowest BCUT2D eigenvalue weighted by atomic mass is 9.85. The van der Waals surface area contributed by atoms with E-state index in [1.807, 2.05) is 12.1 Å². The Kier molecular flexibility index (Phi) is 3.08. The van der Waals surface area contributed by atoms with Gasteiger partial charge in [-0.2, -0.15) is 0 Å². The molecule has 2 fully saturated rings. The molecule has 0 bridgehead atoms. The maximum absolute atomic E-state index is 11.8. The molecule has 6 heteroatoms. The number of hydrogen-bond acceptors (Lipinski definition) is 4. The molecule has 0 radical (unpaired) electrons. The van der Waals surface area contributed by atoms with Crippen molar-refractivity contribution in [1.82, 2.24) is 5.32 Å². The zero-order valence-corrected chi connectivity index (χ0v) is 12.7. The first-order valence-electron chi connectivity index (χ1n) is 6.92. The summed E-state index contributed by atoms with van der Waals surface area (Å²) in [5.74, 6) is 1.11. The number of anilines is 1. The first-order chi connectivity index (χ1) is 9.32. The first kappa shape index (κ1) is 13.9. The molecule has 1 aromatic carbocycles. The van der Waals surface area contributed by atoms with E-state index in [0.29, 0.717) is 11.8 Å². The van der Waals surface area contributed by atoms with Gasteiger partial charge in [-0.3, -0.25) is 0 Å². The Labute approximate surface area is 120 Å². The molecular formula is C14H21N3O2S. The van der Waals surface area contributed by atoms with Crippen molar-refractivity contribution in [2.45, 2.75) is 24.3 Å². The van der Waals surface area contributed by atoms with E-state index in [2.05, 4.69) is 24.1 Å². The van der Waals surface area contributed by atoms with Crippen LogP contribution in [0.15, 0.2) is 29.2 Å². The molecule has 2 atom stereocenters. The molecule has 2 aliphatic heterocycles. The fraction of sp³-hybridized carbons (Fsp3) is 0.571. The molecule has 2 unspecified atom stereocenters. The molecule has 110 valence electrons. The Hall–Kier alpha value is -1.11. The van der Waals surface area contributed by atoms with Gasteiger partial charge in [-0.15, -0.1) is 0 Å². The predicted molar refractivity (Wildman–Crippen MR) is 79.1 cm³/mol.